The van der Waals surface area contributed by atoms with Gasteiger partial charge in [-0.1, -0.05) is 17.7 Å². The van der Waals surface area contributed by atoms with Crippen LogP contribution in [0.3, 0.4) is 0 Å². The number of benzene rings is 1. The van der Waals surface area contributed by atoms with Crippen LogP contribution in [0.25, 0.3) is 0 Å². The van der Waals surface area contributed by atoms with E-state index in [4.69, 9.17) is 11.6 Å². The maximum absolute atomic E-state index is 12.2. The molecule has 0 saturated heterocycles. The average molecular weight is 345 g/mol. The van der Waals surface area contributed by atoms with Gasteiger partial charge in [0.25, 0.3) is 0 Å². The third-order valence-corrected chi connectivity index (χ3v) is 5.53. The highest BCUT2D eigenvalue weighted by Gasteiger charge is 2.15. The van der Waals surface area contributed by atoms with Crippen LogP contribution in [0.2, 0.25) is 5.02 Å². The minimum absolute atomic E-state index is 0.192. The third kappa shape index (κ3) is 4.52. The van der Waals surface area contributed by atoms with Crippen molar-refractivity contribution in [1.29, 1.82) is 0 Å². The molecule has 7 heteroatoms. The fourth-order valence-electron chi connectivity index (χ4n) is 1.88. The Morgan fingerprint density at radius 2 is 2.10 bits per heavy atom. The summed E-state index contributed by atoms with van der Waals surface area (Å²) in [6, 6.07) is 6.78. The molecule has 0 atom stereocenters. The van der Waals surface area contributed by atoms with E-state index in [0.29, 0.717) is 24.5 Å². The second kappa shape index (κ2) is 7.38. The molecule has 114 valence electrons. The monoisotopic (exact) mass is 344 g/mol. The van der Waals surface area contributed by atoms with Crippen molar-refractivity contribution < 1.29 is 8.42 Å². The lowest BCUT2D eigenvalue weighted by atomic mass is 10.2. The number of nitrogens with one attached hydrogen (secondary N) is 2. The molecular formula is C14H17ClN2O2S2. The van der Waals surface area contributed by atoms with Crippen molar-refractivity contribution in [3.63, 3.8) is 0 Å². The molecule has 0 aliphatic carbocycles. The van der Waals surface area contributed by atoms with Crippen LogP contribution in [0.4, 0.5) is 0 Å². The predicted molar refractivity (Wildman–Crippen MR) is 87.4 cm³/mol. The van der Waals surface area contributed by atoms with Gasteiger partial charge in [-0.2, -0.15) is 11.3 Å². The summed E-state index contributed by atoms with van der Waals surface area (Å²) in [6.07, 6.45) is 0.675. The summed E-state index contributed by atoms with van der Waals surface area (Å²) in [6.45, 7) is 0.972. The van der Waals surface area contributed by atoms with Crippen molar-refractivity contribution >= 4 is 33.0 Å². The Bertz CT molecular complexity index is 685. The maximum atomic E-state index is 12.2. The Balaban J connectivity index is 2.03. The van der Waals surface area contributed by atoms with Gasteiger partial charge in [0.2, 0.25) is 10.0 Å². The normalized spacial score (nSPS) is 11.7. The molecule has 0 aliphatic rings. The van der Waals surface area contributed by atoms with Crippen LogP contribution >= 0.6 is 22.9 Å². The van der Waals surface area contributed by atoms with Crippen LogP contribution in [0.5, 0.6) is 0 Å². The van der Waals surface area contributed by atoms with Gasteiger partial charge in [-0.15, -0.1) is 0 Å². The van der Waals surface area contributed by atoms with Crippen molar-refractivity contribution in [2.24, 2.45) is 0 Å². The first-order valence-electron chi connectivity index (χ1n) is 6.46. The quantitative estimate of drug-likeness (QED) is 0.811. The zero-order valence-electron chi connectivity index (χ0n) is 11.6. The summed E-state index contributed by atoms with van der Waals surface area (Å²) in [7, 11) is -1.71. The minimum Gasteiger partial charge on any atom is -0.316 e. The summed E-state index contributed by atoms with van der Waals surface area (Å²) in [5.74, 6) is 0. The van der Waals surface area contributed by atoms with Crippen molar-refractivity contribution in [2.75, 3.05) is 13.6 Å². The number of halogens is 1. The van der Waals surface area contributed by atoms with E-state index in [1.54, 1.807) is 23.5 Å². The van der Waals surface area contributed by atoms with Crippen LogP contribution in [0.15, 0.2) is 39.9 Å². The average Bonchev–Trinajstić information content (AvgIpc) is 2.94. The predicted octanol–water partition coefficient (Wildman–Crippen LogP) is 2.64. The van der Waals surface area contributed by atoms with E-state index in [1.165, 1.54) is 6.07 Å². The molecule has 0 radical (unpaired) electrons. The van der Waals surface area contributed by atoms with E-state index in [9.17, 15) is 8.42 Å². The first-order chi connectivity index (χ1) is 10.0. The van der Waals surface area contributed by atoms with Gasteiger partial charge in [0.1, 0.15) is 0 Å². The van der Waals surface area contributed by atoms with Crippen LogP contribution in [0, 0.1) is 0 Å². The second-order valence-corrected chi connectivity index (χ2v) is 7.52. The van der Waals surface area contributed by atoms with Crippen molar-refractivity contribution in [3.05, 3.63) is 51.2 Å². The number of thiophene rings is 1. The minimum atomic E-state index is -3.52. The van der Waals surface area contributed by atoms with Crippen LogP contribution < -0.4 is 10.0 Å². The molecule has 2 rings (SSSR count). The van der Waals surface area contributed by atoms with Crippen LogP contribution in [-0.2, 0) is 23.0 Å². The molecule has 1 aromatic carbocycles. The molecule has 0 fully saturated rings. The largest absolute Gasteiger partial charge is 0.316 e. The second-order valence-electron chi connectivity index (χ2n) is 4.56. The van der Waals surface area contributed by atoms with E-state index < -0.39 is 10.0 Å². The number of sulfonamides is 1. The van der Waals surface area contributed by atoms with E-state index in [0.717, 1.165) is 11.1 Å². The molecule has 0 unspecified atom stereocenters. The molecule has 2 N–H and O–H groups in total. The lowest BCUT2D eigenvalue weighted by Gasteiger charge is -2.09. The lowest BCUT2D eigenvalue weighted by Crippen LogP contribution is -2.26. The fourth-order valence-corrected chi connectivity index (χ4v) is 3.95. The molecule has 0 aliphatic heterocycles. The van der Waals surface area contributed by atoms with E-state index in [2.05, 4.69) is 10.0 Å². The van der Waals surface area contributed by atoms with Gasteiger partial charge < -0.3 is 5.32 Å². The van der Waals surface area contributed by atoms with Crippen molar-refractivity contribution in [2.45, 2.75) is 17.9 Å². The summed E-state index contributed by atoms with van der Waals surface area (Å²) >= 11 is 7.70. The van der Waals surface area contributed by atoms with E-state index in [1.807, 2.05) is 23.9 Å². The number of rotatable bonds is 7. The highest BCUT2D eigenvalue weighted by molar-refractivity contribution is 7.89. The molecule has 2 aromatic rings. The maximum Gasteiger partial charge on any atom is 0.240 e. The Kier molecular flexibility index (Phi) is 5.78. The van der Waals surface area contributed by atoms with Gasteiger partial charge in [0.05, 0.1) is 4.90 Å². The molecule has 21 heavy (non-hydrogen) atoms. The number of hydrogen-bond donors (Lipinski definition) is 2. The topological polar surface area (TPSA) is 58.2 Å². The summed E-state index contributed by atoms with van der Waals surface area (Å²) in [5.41, 5.74) is 2.00. The molecule has 1 heterocycles. The van der Waals surface area contributed by atoms with Gasteiger partial charge in [0, 0.05) is 18.1 Å². The molecular weight excluding hydrogens is 328 g/mol. The zero-order valence-corrected chi connectivity index (χ0v) is 14.0. The van der Waals surface area contributed by atoms with Crippen LogP contribution in [-0.4, -0.2) is 22.0 Å². The molecule has 4 nitrogen and oxygen atoms in total. The van der Waals surface area contributed by atoms with E-state index in [-0.39, 0.29) is 4.90 Å². The summed E-state index contributed by atoms with van der Waals surface area (Å²) < 4.78 is 27.0. The Labute approximate surface area is 134 Å². The highest BCUT2D eigenvalue weighted by Crippen LogP contribution is 2.20. The van der Waals surface area contributed by atoms with Gasteiger partial charge >= 0.3 is 0 Å². The lowest BCUT2D eigenvalue weighted by molar-refractivity contribution is 0.581. The van der Waals surface area contributed by atoms with Crippen molar-refractivity contribution in [1.82, 2.24) is 10.0 Å². The van der Waals surface area contributed by atoms with Gasteiger partial charge in [-0.25, -0.2) is 13.1 Å². The van der Waals surface area contributed by atoms with Crippen LogP contribution in [0.1, 0.15) is 11.1 Å². The third-order valence-electron chi connectivity index (χ3n) is 2.99. The van der Waals surface area contributed by atoms with Gasteiger partial charge in [-0.05, 0) is 53.6 Å². The first kappa shape index (κ1) is 16.5. The van der Waals surface area contributed by atoms with E-state index >= 15 is 0 Å². The molecule has 0 amide bonds. The molecule has 0 saturated carbocycles. The smallest absolute Gasteiger partial charge is 0.240 e. The standard InChI is InChI=1S/C14H17ClN2O2S2/c1-16-9-12-2-3-13(8-14(12)15)21(18,19)17-6-4-11-5-7-20-10-11/h2-3,5,7-8,10,16-17H,4,6,9H2,1H3. The SMILES string of the molecule is CNCc1ccc(S(=O)(=O)NCCc2ccsc2)cc1Cl. The fraction of sp³-hybridized carbons (Fsp3) is 0.286. The first-order valence-corrected chi connectivity index (χ1v) is 9.27. The molecule has 0 bridgehead atoms. The van der Waals surface area contributed by atoms with Gasteiger partial charge in [0.15, 0.2) is 0 Å². The summed E-state index contributed by atoms with van der Waals surface area (Å²) in [4.78, 5) is 0.192. The highest BCUT2D eigenvalue weighted by atomic mass is 35.5. The number of hydrogen-bond acceptors (Lipinski definition) is 4. The Morgan fingerprint density at radius 1 is 1.29 bits per heavy atom. The molecule has 1 aromatic heterocycles. The van der Waals surface area contributed by atoms with Gasteiger partial charge in [-0.3, -0.25) is 0 Å². The summed E-state index contributed by atoms with van der Waals surface area (Å²) in [5, 5.41) is 7.42. The Hall–Kier alpha value is -0.920. The Morgan fingerprint density at radius 3 is 2.71 bits per heavy atom. The zero-order chi connectivity index (χ0) is 15.3. The molecule has 0 spiro atoms. The van der Waals surface area contributed by atoms with Crippen molar-refractivity contribution in [3.8, 4) is 0 Å².